The van der Waals surface area contributed by atoms with Gasteiger partial charge in [0, 0.05) is 32.7 Å². The maximum atomic E-state index is 13.5. The van der Waals surface area contributed by atoms with Crippen LogP contribution in [0.2, 0.25) is 0 Å². The average molecular weight is 373 g/mol. The molecule has 0 radical (unpaired) electrons. The highest BCUT2D eigenvalue weighted by molar-refractivity contribution is 6.35. The van der Waals surface area contributed by atoms with Crippen LogP contribution in [-0.4, -0.2) is 60.2 Å². The number of benzene rings is 1. The number of carbonyl (C=O) groups excluding carboxylic acids is 3. The van der Waals surface area contributed by atoms with E-state index in [4.69, 9.17) is 4.42 Å². The summed E-state index contributed by atoms with van der Waals surface area (Å²) in [5, 5.41) is 2.52. The molecule has 0 bridgehead atoms. The number of rotatable bonds is 4. The summed E-state index contributed by atoms with van der Waals surface area (Å²) >= 11 is 0. The van der Waals surface area contributed by atoms with Gasteiger partial charge in [-0.3, -0.25) is 14.4 Å². The lowest BCUT2D eigenvalue weighted by atomic mass is 10.1. The van der Waals surface area contributed by atoms with Crippen LogP contribution in [0, 0.1) is 5.82 Å². The van der Waals surface area contributed by atoms with Crippen molar-refractivity contribution in [2.75, 3.05) is 32.7 Å². The Labute approximate surface area is 155 Å². The highest BCUT2D eigenvalue weighted by Gasteiger charge is 2.28. The molecule has 1 aliphatic rings. The number of hydrogen-bond acceptors (Lipinski definition) is 4. The van der Waals surface area contributed by atoms with Crippen molar-refractivity contribution < 1.29 is 23.2 Å². The predicted molar refractivity (Wildman–Crippen MR) is 94.3 cm³/mol. The Morgan fingerprint density at radius 1 is 1.00 bits per heavy atom. The van der Waals surface area contributed by atoms with E-state index < -0.39 is 11.8 Å². The number of amides is 3. The summed E-state index contributed by atoms with van der Waals surface area (Å²) in [5.74, 6) is -1.69. The van der Waals surface area contributed by atoms with Gasteiger partial charge in [0.15, 0.2) is 5.76 Å². The Morgan fingerprint density at radius 2 is 1.70 bits per heavy atom. The van der Waals surface area contributed by atoms with Crippen LogP contribution in [0.1, 0.15) is 16.1 Å². The molecule has 2 aromatic rings. The quantitative estimate of drug-likeness (QED) is 0.813. The Morgan fingerprint density at radius 3 is 2.37 bits per heavy atom. The lowest BCUT2D eigenvalue weighted by Crippen LogP contribution is -2.54. The molecule has 0 unspecified atom stereocenters. The predicted octanol–water partition coefficient (Wildman–Crippen LogP) is 1.06. The molecule has 1 N–H and O–H groups in total. The maximum Gasteiger partial charge on any atom is 0.312 e. The molecule has 1 fully saturated rings. The van der Waals surface area contributed by atoms with Gasteiger partial charge in [-0.1, -0.05) is 18.2 Å². The zero-order valence-electron chi connectivity index (χ0n) is 14.7. The van der Waals surface area contributed by atoms with E-state index in [1.54, 1.807) is 35.2 Å². The normalized spacial score (nSPS) is 14.1. The second-order valence-corrected chi connectivity index (χ2v) is 6.16. The lowest BCUT2D eigenvalue weighted by molar-refractivity contribution is -0.146. The molecule has 1 aliphatic heterocycles. The van der Waals surface area contributed by atoms with E-state index in [-0.39, 0.29) is 37.1 Å². The molecule has 0 spiro atoms. The number of nitrogens with zero attached hydrogens (tertiary/aromatic N) is 2. The largest absolute Gasteiger partial charge is 0.459 e. The first-order valence-electron chi connectivity index (χ1n) is 8.69. The van der Waals surface area contributed by atoms with Gasteiger partial charge in [0.1, 0.15) is 5.82 Å². The van der Waals surface area contributed by atoms with E-state index in [9.17, 15) is 18.8 Å². The molecule has 3 rings (SSSR count). The molecule has 0 aliphatic carbocycles. The van der Waals surface area contributed by atoms with E-state index in [0.717, 1.165) is 0 Å². The SMILES string of the molecule is O=C(NCCc1ccccc1F)C(=O)N1CCN(C(=O)c2ccco2)CC1. The van der Waals surface area contributed by atoms with E-state index in [0.29, 0.717) is 25.1 Å². The van der Waals surface area contributed by atoms with Crippen molar-refractivity contribution in [2.45, 2.75) is 6.42 Å². The molecule has 2 heterocycles. The van der Waals surface area contributed by atoms with Gasteiger partial charge in [-0.15, -0.1) is 0 Å². The highest BCUT2D eigenvalue weighted by Crippen LogP contribution is 2.10. The highest BCUT2D eigenvalue weighted by atomic mass is 19.1. The van der Waals surface area contributed by atoms with E-state index in [1.165, 1.54) is 17.2 Å². The zero-order chi connectivity index (χ0) is 19.2. The first-order valence-corrected chi connectivity index (χ1v) is 8.69. The van der Waals surface area contributed by atoms with Gasteiger partial charge in [0.25, 0.3) is 5.91 Å². The molecular weight excluding hydrogens is 353 g/mol. The second-order valence-electron chi connectivity index (χ2n) is 6.16. The summed E-state index contributed by atoms with van der Waals surface area (Å²) in [6, 6.07) is 9.53. The molecule has 1 aromatic heterocycles. The molecule has 142 valence electrons. The van der Waals surface area contributed by atoms with Gasteiger partial charge >= 0.3 is 11.8 Å². The van der Waals surface area contributed by atoms with Gasteiger partial charge in [0.05, 0.1) is 6.26 Å². The molecule has 3 amide bonds. The van der Waals surface area contributed by atoms with Crippen LogP contribution >= 0.6 is 0 Å². The minimum Gasteiger partial charge on any atom is -0.459 e. The second kappa shape index (κ2) is 8.48. The third-order valence-corrected chi connectivity index (χ3v) is 4.42. The average Bonchev–Trinajstić information content (AvgIpc) is 3.23. The molecule has 27 heavy (non-hydrogen) atoms. The summed E-state index contributed by atoms with van der Waals surface area (Å²) in [6.07, 6.45) is 1.73. The van der Waals surface area contributed by atoms with Crippen molar-refractivity contribution in [2.24, 2.45) is 0 Å². The summed E-state index contributed by atoms with van der Waals surface area (Å²) < 4.78 is 18.6. The standard InChI is InChI=1S/C19H20FN3O4/c20-15-5-2-1-4-14(15)7-8-21-17(24)19(26)23-11-9-22(10-12-23)18(25)16-6-3-13-27-16/h1-6,13H,7-12H2,(H,21,24). The number of halogens is 1. The minimum absolute atomic E-state index is 0.169. The fourth-order valence-electron chi connectivity index (χ4n) is 2.90. The zero-order valence-corrected chi connectivity index (χ0v) is 14.7. The minimum atomic E-state index is -0.725. The van der Waals surface area contributed by atoms with Gasteiger partial charge in [-0.25, -0.2) is 4.39 Å². The molecular formula is C19H20FN3O4. The van der Waals surface area contributed by atoms with Crippen LogP contribution in [0.3, 0.4) is 0 Å². The summed E-state index contributed by atoms with van der Waals surface area (Å²) in [6.45, 7) is 1.36. The molecule has 1 aromatic carbocycles. The molecule has 0 saturated carbocycles. The van der Waals surface area contributed by atoms with Crippen LogP contribution < -0.4 is 5.32 Å². The Kier molecular flexibility index (Phi) is 5.85. The van der Waals surface area contributed by atoms with E-state index in [2.05, 4.69) is 5.32 Å². The van der Waals surface area contributed by atoms with Crippen LogP contribution in [0.5, 0.6) is 0 Å². The summed E-state index contributed by atoms with van der Waals surface area (Å²) in [4.78, 5) is 39.4. The number of nitrogens with one attached hydrogen (secondary N) is 1. The number of furan rings is 1. The first kappa shape index (κ1) is 18.6. The maximum absolute atomic E-state index is 13.5. The van der Waals surface area contributed by atoms with Gasteiger partial charge < -0.3 is 19.5 Å². The van der Waals surface area contributed by atoms with Crippen molar-refractivity contribution >= 4 is 17.7 Å². The first-order chi connectivity index (χ1) is 13.1. The van der Waals surface area contributed by atoms with Crippen LogP contribution in [0.15, 0.2) is 47.1 Å². The van der Waals surface area contributed by atoms with Crippen molar-refractivity contribution in [1.29, 1.82) is 0 Å². The van der Waals surface area contributed by atoms with Crippen molar-refractivity contribution in [3.05, 3.63) is 59.8 Å². The van der Waals surface area contributed by atoms with Crippen LogP contribution in [-0.2, 0) is 16.0 Å². The fraction of sp³-hybridized carbons (Fsp3) is 0.316. The summed E-state index contributed by atoms with van der Waals surface area (Å²) in [7, 11) is 0. The fourth-order valence-corrected chi connectivity index (χ4v) is 2.90. The molecule has 1 saturated heterocycles. The lowest BCUT2D eigenvalue weighted by Gasteiger charge is -2.33. The monoisotopic (exact) mass is 373 g/mol. The Bertz CT molecular complexity index is 814. The topological polar surface area (TPSA) is 82.9 Å². The van der Waals surface area contributed by atoms with Crippen LogP contribution in [0.25, 0.3) is 0 Å². The smallest absolute Gasteiger partial charge is 0.312 e. The van der Waals surface area contributed by atoms with Crippen molar-refractivity contribution in [3.63, 3.8) is 0 Å². The van der Waals surface area contributed by atoms with E-state index >= 15 is 0 Å². The Hall–Kier alpha value is -3.16. The van der Waals surface area contributed by atoms with Gasteiger partial charge in [-0.2, -0.15) is 0 Å². The van der Waals surface area contributed by atoms with Crippen molar-refractivity contribution in [3.8, 4) is 0 Å². The molecule has 0 atom stereocenters. The molecule has 8 heteroatoms. The number of hydrogen-bond donors (Lipinski definition) is 1. The van der Waals surface area contributed by atoms with Crippen molar-refractivity contribution in [1.82, 2.24) is 15.1 Å². The number of carbonyl (C=O) groups is 3. The van der Waals surface area contributed by atoms with Gasteiger partial charge in [0.2, 0.25) is 0 Å². The number of piperazine rings is 1. The summed E-state index contributed by atoms with van der Waals surface area (Å²) in [5.41, 5.74) is 0.482. The molecule has 7 nitrogen and oxygen atoms in total. The van der Waals surface area contributed by atoms with Crippen LogP contribution in [0.4, 0.5) is 4.39 Å². The third-order valence-electron chi connectivity index (χ3n) is 4.42. The van der Waals surface area contributed by atoms with E-state index in [1.807, 2.05) is 0 Å². The third kappa shape index (κ3) is 4.52. The van der Waals surface area contributed by atoms with Gasteiger partial charge in [-0.05, 0) is 30.2 Å². The Balaban J connectivity index is 1.44.